The minimum absolute atomic E-state index is 0.102. The molecule has 6 nitrogen and oxygen atoms in total. The fraction of sp³-hybridized carbons (Fsp3) is 0.538. The first-order valence-corrected chi connectivity index (χ1v) is 7.66. The summed E-state index contributed by atoms with van der Waals surface area (Å²) in [6.07, 6.45) is 1.90. The van der Waals surface area contributed by atoms with Crippen molar-refractivity contribution in [1.82, 2.24) is 0 Å². The van der Waals surface area contributed by atoms with E-state index in [4.69, 9.17) is 4.74 Å². The molecule has 0 aliphatic carbocycles. The summed E-state index contributed by atoms with van der Waals surface area (Å²) in [5.74, 6) is 0.769. The lowest BCUT2D eigenvalue weighted by Crippen LogP contribution is -2.36. The van der Waals surface area contributed by atoms with Gasteiger partial charge in [-0.15, -0.1) is 0 Å². The number of nitrogens with zero attached hydrogens (tertiary/aromatic N) is 1. The van der Waals surface area contributed by atoms with Gasteiger partial charge in [0.1, 0.15) is 5.69 Å². The molecule has 112 valence electrons. The summed E-state index contributed by atoms with van der Waals surface area (Å²) in [5, 5.41) is 24.2. The van der Waals surface area contributed by atoms with E-state index in [1.165, 1.54) is 11.8 Å². The summed E-state index contributed by atoms with van der Waals surface area (Å²) in [4.78, 5) is 10.7. The monoisotopic (exact) mass is 300 g/mol. The quantitative estimate of drug-likeness (QED) is 0.567. The minimum Gasteiger partial charge on any atom is -0.487 e. The molecular weight excluding hydrogens is 280 g/mol. The van der Waals surface area contributed by atoms with Crippen LogP contribution in [0.4, 0.5) is 11.4 Å². The third kappa shape index (κ3) is 4.57. The van der Waals surface area contributed by atoms with E-state index in [-0.39, 0.29) is 18.0 Å². The summed E-state index contributed by atoms with van der Waals surface area (Å²) in [7, 11) is 0. The number of nitrogens with one attached hydrogen (secondary N) is 1. The molecule has 0 aliphatic heterocycles. The maximum absolute atomic E-state index is 11.2. The van der Waals surface area contributed by atoms with E-state index in [0.717, 1.165) is 0 Å². The maximum Gasteiger partial charge on any atom is 0.333 e. The van der Waals surface area contributed by atoms with E-state index < -0.39 is 10.5 Å². The second-order valence-electron chi connectivity index (χ2n) is 4.63. The van der Waals surface area contributed by atoms with Crippen LogP contribution in [0, 0.1) is 10.1 Å². The first kappa shape index (κ1) is 16.6. The van der Waals surface area contributed by atoms with E-state index in [2.05, 4.69) is 5.32 Å². The molecule has 1 atom stereocenters. The summed E-state index contributed by atoms with van der Waals surface area (Å²) in [6, 6.07) is 4.85. The smallest absolute Gasteiger partial charge is 0.333 e. The van der Waals surface area contributed by atoms with Gasteiger partial charge < -0.3 is 15.2 Å². The molecule has 20 heavy (non-hydrogen) atoms. The number of benzene rings is 1. The Morgan fingerprint density at radius 3 is 2.80 bits per heavy atom. The molecule has 1 aromatic rings. The van der Waals surface area contributed by atoms with Gasteiger partial charge in [0.2, 0.25) is 0 Å². The van der Waals surface area contributed by atoms with E-state index in [0.29, 0.717) is 18.0 Å². The second-order valence-corrected chi connectivity index (χ2v) is 5.49. The molecule has 0 spiro atoms. The molecule has 0 saturated carbocycles. The van der Waals surface area contributed by atoms with Crippen molar-refractivity contribution >= 4 is 23.1 Å². The number of nitro benzene ring substituents is 1. The Morgan fingerprint density at radius 1 is 1.55 bits per heavy atom. The first-order chi connectivity index (χ1) is 9.41. The van der Waals surface area contributed by atoms with Crippen LogP contribution in [0.3, 0.4) is 0 Å². The number of anilines is 1. The van der Waals surface area contributed by atoms with Gasteiger partial charge >= 0.3 is 5.69 Å². The number of nitro groups is 1. The molecular formula is C13H20N2O4S. The van der Waals surface area contributed by atoms with Crippen LogP contribution in [0.25, 0.3) is 0 Å². The molecule has 0 amide bonds. The summed E-state index contributed by atoms with van der Waals surface area (Å²) >= 11 is 1.52. The molecule has 0 unspecified atom stereocenters. The highest BCUT2D eigenvalue weighted by atomic mass is 32.2. The number of hydrogen-bond acceptors (Lipinski definition) is 6. The van der Waals surface area contributed by atoms with Crippen molar-refractivity contribution in [2.75, 3.05) is 30.5 Å². The van der Waals surface area contributed by atoms with Crippen molar-refractivity contribution in [3.05, 3.63) is 28.3 Å². The Morgan fingerprint density at radius 2 is 2.25 bits per heavy atom. The third-order valence-electron chi connectivity index (χ3n) is 2.60. The molecule has 0 radical (unpaired) electrons. The van der Waals surface area contributed by atoms with E-state index in [1.807, 2.05) is 6.26 Å². The highest BCUT2D eigenvalue weighted by molar-refractivity contribution is 7.98. The van der Waals surface area contributed by atoms with Crippen LogP contribution >= 0.6 is 11.8 Å². The lowest BCUT2D eigenvalue weighted by molar-refractivity contribution is -0.384. The highest BCUT2D eigenvalue weighted by Crippen LogP contribution is 2.35. The Hall–Kier alpha value is -1.47. The molecule has 0 aromatic heterocycles. The van der Waals surface area contributed by atoms with Gasteiger partial charge in [-0.3, -0.25) is 10.1 Å². The third-order valence-corrected chi connectivity index (χ3v) is 3.51. The lowest BCUT2D eigenvalue weighted by atomic mass is 10.1. The van der Waals surface area contributed by atoms with Gasteiger partial charge in [0.05, 0.1) is 17.1 Å². The summed E-state index contributed by atoms with van der Waals surface area (Å²) < 4.78 is 5.27. The number of rotatable bonds is 8. The number of para-hydroxylation sites is 1. The largest absolute Gasteiger partial charge is 0.487 e. The maximum atomic E-state index is 11.2. The van der Waals surface area contributed by atoms with Crippen molar-refractivity contribution in [3.8, 4) is 5.75 Å². The van der Waals surface area contributed by atoms with Crippen molar-refractivity contribution in [2.24, 2.45) is 0 Å². The zero-order valence-corrected chi connectivity index (χ0v) is 12.7. The van der Waals surface area contributed by atoms with Crippen molar-refractivity contribution in [3.63, 3.8) is 0 Å². The zero-order chi connectivity index (χ0) is 15.2. The van der Waals surface area contributed by atoms with Crippen LogP contribution < -0.4 is 10.1 Å². The van der Waals surface area contributed by atoms with Gasteiger partial charge in [-0.2, -0.15) is 11.8 Å². The van der Waals surface area contributed by atoms with Crippen molar-refractivity contribution in [2.45, 2.75) is 19.4 Å². The standard InChI is InChI=1S/C13H20N2O4S/c1-4-19-11-7-5-6-10(12(11)15(17)18)14-8-13(2,16)9-20-3/h5-7,14,16H,4,8-9H2,1-3H3/t13-/m0/s1. The van der Waals surface area contributed by atoms with E-state index >= 15 is 0 Å². The molecule has 0 bridgehead atoms. The van der Waals surface area contributed by atoms with Gasteiger partial charge in [0, 0.05) is 12.3 Å². The van der Waals surface area contributed by atoms with Crippen molar-refractivity contribution < 1.29 is 14.8 Å². The normalized spacial score (nSPS) is 13.6. The molecule has 7 heteroatoms. The summed E-state index contributed by atoms with van der Waals surface area (Å²) in [5.41, 5.74) is -0.689. The van der Waals surface area contributed by atoms with E-state index in [9.17, 15) is 15.2 Å². The molecule has 0 heterocycles. The van der Waals surface area contributed by atoms with Gasteiger partial charge in [-0.05, 0) is 32.2 Å². The van der Waals surface area contributed by atoms with Crippen LogP contribution in [-0.4, -0.2) is 40.8 Å². The number of hydrogen-bond donors (Lipinski definition) is 2. The Balaban J connectivity index is 2.94. The molecule has 0 saturated heterocycles. The van der Waals surface area contributed by atoms with Gasteiger partial charge in [0.25, 0.3) is 0 Å². The van der Waals surface area contributed by atoms with Crippen molar-refractivity contribution in [1.29, 1.82) is 0 Å². The molecule has 1 rings (SSSR count). The van der Waals surface area contributed by atoms with Crippen LogP contribution in [0.15, 0.2) is 18.2 Å². The number of aliphatic hydroxyl groups is 1. The fourth-order valence-corrected chi connectivity index (χ4v) is 2.50. The highest BCUT2D eigenvalue weighted by Gasteiger charge is 2.24. The topological polar surface area (TPSA) is 84.6 Å². The predicted octanol–water partition coefficient (Wildman–Crippen LogP) is 2.52. The average molecular weight is 300 g/mol. The second kappa shape index (κ2) is 7.35. The lowest BCUT2D eigenvalue weighted by Gasteiger charge is -2.23. The van der Waals surface area contributed by atoms with Crippen LogP contribution in [0.5, 0.6) is 5.75 Å². The fourth-order valence-electron chi connectivity index (χ4n) is 1.77. The first-order valence-electron chi connectivity index (χ1n) is 6.26. The van der Waals surface area contributed by atoms with Gasteiger partial charge in [0.15, 0.2) is 5.75 Å². The number of thioether (sulfide) groups is 1. The van der Waals surface area contributed by atoms with Crippen LogP contribution in [0.2, 0.25) is 0 Å². The van der Waals surface area contributed by atoms with E-state index in [1.54, 1.807) is 32.0 Å². The Labute approximate surface area is 122 Å². The molecule has 1 aromatic carbocycles. The molecule has 2 N–H and O–H groups in total. The van der Waals surface area contributed by atoms with Gasteiger partial charge in [-0.1, -0.05) is 6.07 Å². The van der Waals surface area contributed by atoms with Crippen LogP contribution in [0.1, 0.15) is 13.8 Å². The summed E-state index contributed by atoms with van der Waals surface area (Å²) in [6.45, 7) is 4.04. The predicted molar refractivity (Wildman–Crippen MR) is 81.8 cm³/mol. The molecule has 0 aliphatic rings. The average Bonchev–Trinajstić information content (AvgIpc) is 2.36. The SMILES string of the molecule is CCOc1cccc(NC[C@](C)(O)CSC)c1[N+](=O)[O-]. The van der Waals surface area contributed by atoms with Crippen LogP contribution in [-0.2, 0) is 0 Å². The van der Waals surface area contributed by atoms with Gasteiger partial charge in [-0.25, -0.2) is 0 Å². The Bertz CT molecular complexity index is 466. The minimum atomic E-state index is -0.936. The Kier molecular flexibility index (Phi) is 6.09. The molecule has 0 fully saturated rings. The zero-order valence-electron chi connectivity index (χ0n) is 11.9. The number of ether oxygens (including phenoxy) is 1.